The number of piperazine rings is 1. The number of anilines is 2. The van der Waals surface area contributed by atoms with Crippen molar-refractivity contribution in [2.75, 3.05) is 23.7 Å². The van der Waals surface area contributed by atoms with Gasteiger partial charge < -0.3 is 16.0 Å². The molecular formula is C27H24F2N6. The number of hydrogen-bond acceptors (Lipinski definition) is 6. The van der Waals surface area contributed by atoms with E-state index in [1.54, 1.807) is 18.3 Å². The molecule has 0 saturated carbocycles. The predicted octanol–water partition coefficient (Wildman–Crippen LogP) is 4.24. The van der Waals surface area contributed by atoms with E-state index < -0.39 is 11.6 Å². The minimum atomic E-state index is -0.583. The number of aryl methyl sites for hydroxylation is 2. The predicted molar refractivity (Wildman–Crippen MR) is 134 cm³/mol. The van der Waals surface area contributed by atoms with Crippen LogP contribution < -0.4 is 16.0 Å². The highest BCUT2D eigenvalue weighted by Gasteiger charge is 2.34. The van der Waals surface area contributed by atoms with Crippen LogP contribution >= 0.6 is 0 Å². The number of benzene rings is 1. The molecule has 0 amide bonds. The Labute approximate surface area is 201 Å². The Hall–Kier alpha value is -3.83. The van der Waals surface area contributed by atoms with Crippen molar-refractivity contribution in [3.05, 3.63) is 52.9 Å². The molecule has 2 saturated heterocycles. The molecule has 2 aliphatic heterocycles. The molecule has 2 unspecified atom stereocenters. The van der Waals surface area contributed by atoms with E-state index in [0.29, 0.717) is 33.6 Å². The first-order valence-electron chi connectivity index (χ1n) is 11.7. The molecule has 5 heterocycles. The lowest BCUT2D eigenvalue weighted by atomic mass is 9.98. The van der Waals surface area contributed by atoms with E-state index in [-0.39, 0.29) is 22.8 Å². The highest BCUT2D eigenvalue weighted by molar-refractivity contribution is 6.02. The van der Waals surface area contributed by atoms with Gasteiger partial charge in [-0.05, 0) is 49.8 Å². The van der Waals surface area contributed by atoms with Crippen molar-refractivity contribution in [1.29, 1.82) is 0 Å². The number of terminal acetylenes is 1. The van der Waals surface area contributed by atoms with Gasteiger partial charge in [0.1, 0.15) is 28.8 Å². The Morgan fingerprint density at radius 2 is 1.83 bits per heavy atom. The smallest absolute Gasteiger partial charge is 0.159 e. The minimum absolute atomic E-state index is 0.00547. The van der Waals surface area contributed by atoms with Crippen LogP contribution in [0.1, 0.15) is 29.7 Å². The molecule has 2 aliphatic rings. The number of aromatic nitrogens is 3. The summed E-state index contributed by atoms with van der Waals surface area (Å²) < 4.78 is 30.9. The van der Waals surface area contributed by atoms with Gasteiger partial charge in [0, 0.05) is 53.2 Å². The lowest BCUT2D eigenvalue weighted by Crippen LogP contribution is -2.51. The Kier molecular flexibility index (Phi) is 4.87. The number of halogens is 2. The van der Waals surface area contributed by atoms with Gasteiger partial charge in [0.2, 0.25) is 0 Å². The van der Waals surface area contributed by atoms with Crippen LogP contribution in [0.3, 0.4) is 0 Å². The molecule has 4 aromatic rings. The van der Waals surface area contributed by atoms with E-state index in [4.69, 9.17) is 17.1 Å². The van der Waals surface area contributed by atoms with Crippen LogP contribution in [0.4, 0.5) is 20.4 Å². The molecule has 6 nitrogen and oxygen atoms in total. The van der Waals surface area contributed by atoms with Crippen LogP contribution in [0.2, 0.25) is 0 Å². The molecule has 2 fully saturated rings. The zero-order valence-corrected chi connectivity index (χ0v) is 19.5. The molecule has 1 aromatic carbocycles. The van der Waals surface area contributed by atoms with Gasteiger partial charge in [-0.3, -0.25) is 4.98 Å². The lowest BCUT2D eigenvalue weighted by Gasteiger charge is -2.34. The van der Waals surface area contributed by atoms with Crippen LogP contribution in [0, 0.1) is 37.8 Å². The van der Waals surface area contributed by atoms with Crippen LogP contribution in [0.25, 0.3) is 32.9 Å². The van der Waals surface area contributed by atoms with Gasteiger partial charge in [0.15, 0.2) is 5.82 Å². The summed E-state index contributed by atoms with van der Waals surface area (Å²) in [5, 5.41) is 5.58. The Balaban J connectivity index is 1.62. The second kappa shape index (κ2) is 7.85. The maximum atomic E-state index is 16.4. The summed E-state index contributed by atoms with van der Waals surface area (Å²) in [5.74, 6) is 2.16. The van der Waals surface area contributed by atoms with E-state index in [1.165, 1.54) is 6.07 Å². The molecule has 3 aromatic heterocycles. The Bertz CT molecular complexity index is 1560. The average Bonchev–Trinajstić information content (AvgIpc) is 3.18. The number of hydrogen-bond donors (Lipinski definition) is 2. The number of nitrogen functional groups attached to an aromatic ring is 1. The zero-order chi connectivity index (χ0) is 24.4. The van der Waals surface area contributed by atoms with E-state index >= 15 is 4.39 Å². The molecule has 0 radical (unpaired) electrons. The van der Waals surface area contributed by atoms with Crippen LogP contribution in [0.5, 0.6) is 0 Å². The molecule has 2 bridgehead atoms. The Morgan fingerprint density at radius 3 is 2.54 bits per heavy atom. The number of nitrogens with two attached hydrogens (primary N) is 1. The van der Waals surface area contributed by atoms with Crippen molar-refractivity contribution < 1.29 is 8.78 Å². The fourth-order valence-electron chi connectivity index (χ4n) is 5.54. The highest BCUT2D eigenvalue weighted by atomic mass is 19.1. The molecule has 2 atom stereocenters. The van der Waals surface area contributed by atoms with Crippen molar-refractivity contribution in [1.82, 2.24) is 20.3 Å². The minimum Gasteiger partial charge on any atom is -0.384 e. The van der Waals surface area contributed by atoms with Crippen LogP contribution in [0.15, 0.2) is 24.4 Å². The number of nitrogens with one attached hydrogen (secondary N) is 1. The van der Waals surface area contributed by atoms with Crippen LogP contribution in [-0.2, 0) is 0 Å². The standard InChI is InChI=1S/C27H24F2N6/c1-4-18-20(28)8-5-15-9-21(30)34-25(23(15)18)26-24(29)22-13(2)14(3)32-27(19(22)10-31-26)35-11-16-6-7-17(12-35)33-16/h1,5,8-10,16-17,33H,6-7,11-12H2,2-3H3,(H2,30,34). The highest BCUT2D eigenvalue weighted by Crippen LogP contribution is 2.38. The van der Waals surface area contributed by atoms with Crippen LogP contribution in [-0.4, -0.2) is 40.1 Å². The first-order valence-corrected chi connectivity index (χ1v) is 11.7. The fourth-order valence-corrected chi connectivity index (χ4v) is 5.54. The Morgan fingerprint density at radius 1 is 1.09 bits per heavy atom. The first-order chi connectivity index (χ1) is 16.9. The largest absolute Gasteiger partial charge is 0.384 e. The van der Waals surface area contributed by atoms with Gasteiger partial charge in [-0.25, -0.2) is 18.7 Å². The van der Waals surface area contributed by atoms with Crippen molar-refractivity contribution in [3.8, 4) is 23.7 Å². The summed E-state index contributed by atoms with van der Waals surface area (Å²) in [5.41, 5.74) is 7.62. The van der Waals surface area contributed by atoms with Crippen molar-refractivity contribution in [3.63, 3.8) is 0 Å². The molecule has 0 aliphatic carbocycles. The molecule has 3 N–H and O–H groups in total. The third kappa shape index (κ3) is 3.30. The third-order valence-corrected chi connectivity index (χ3v) is 7.30. The maximum Gasteiger partial charge on any atom is 0.159 e. The molecular weight excluding hydrogens is 446 g/mol. The lowest BCUT2D eigenvalue weighted by molar-refractivity contribution is 0.464. The fraction of sp³-hybridized carbons (Fsp3) is 0.296. The van der Waals surface area contributed by atoms with E-state index in [0.717, 1.165) is 43.0 Å². The summed E-state index contributed by atoms with van der Waals surface area (Å²) in [6.45, 7) is 5.36. The number of nitrogens with zero attached hydrogens (tertiary/aromatic N) is 4. The quantitative estimate of drug-likeness (QED) is 0.427. The molecule has 176 valence electrons. The third-order valence-electron chi connectivity index (χ3n) is 7.30. The number of rotatable bonds is 2. The van der Waals surface area contributed by atoms with Gasteiger partial charge >= 0.3 is 0 Å². The molecule has 6 rings (SSSR count). The van der Waals surface area contributed by atoms with Gasteiger partial charge in [-0.1, -0.05) is 12.0 Å². The summed E-state index contributed by atoms with van der Waals surface area (Å²) in [6.07, 6.45) is 9.51. The van der Waals surface area contributed by atoms with E-state index in [2.05, 4.69) is 26.1 Å². The molecule has 8 heteroatoms. The molecule has 35 heavy (non-hydrogen) atoms. The molecule has 0 spiro atoms. The van der Waals surface area contributed by atoms with Crippen molar-refractivity contribution in [2.45, 2.75) is 38.8 Å². The van der Waals surface area contributed by atoms with Crippen molar-refractivity contribution >= 4 is 33.2 Å². The number of fused-ring (bicyclic) bond motifs is 4. The second-order valence-electron chi connectivity index (χ2n) is 9.46. The van der Waals surface area contributed by atoms with Gasteiger partial charge in [0.05, 0.1) is 5.56 Å². The van der Waals surface area contributed by atoms with E-state index in [9.17, 15) is 4.39 Å². The van der Waals surface area contributed by atoms with Crippen molar-refractivity contribution in [2.24, 2.45) is 0 Å². The maximum absolute atomic E-state index is 16.4. The normalized spacial score (nSPS) is 19.5. The summed E-state index contributed by atoms with van der Waals surface area (Å²) >= 11 is 0. The second-order valence-corrected chi connectivity index (χ2v) is 9.46. The summed E-state index contributed by atoms with van der Waals surface area (Å²) in [6, 6.07) is 5.24. The topological polar surface area (TPSA) is 80.0 Å². The first kappa shape index (κ1) is 21.7. The monoisotopic (exact) mass is 470 g/mol. The SMILES string of the molecule is C#Cc1c(F)ccc2cc(N)nc(-c3ncc4c(N5CC6CCC(C5)N6)nc(C)c(C)c4c3F)c12. The van der Waals surface area contributed by atoms with Gasteiger partial charge in [-0.2, -0.15) is 0 Å². The van der Waals surface area contributed by atoms with E-state index in [1.807, 2.05) is 13.8 Å². The van der Waals surface area contributed by atoms with Gasteiger partial charge in [-0.15, -0.1) is 6.42 Å². The average molecular weight is 471 g/mol. The van der Waals surface area contributed by atoms with Gasteiger partial charge in [0.25, 0.3) is 0 Å². The summed E-state index contributed by atoms with van der Waals surface area (Å²) in [4.78, 5) is 15.9. The summed E-state index contributed by atoms with van der Waals surface area (Å²) in [7, 11) is 0. The zero-order valence-electron chi connectivity index (χ0n) is 19.5. The number of pyridine rings is 3.